The molecule has 0 spiro atoms. The van der Waals surface area contributed by atoms with Crippen molar-refractivity contribution in [1.82, 2.24) is 4.57 Å². The number of nitrogens with zero attached hydrogens (tertiary/aromatic N) is 1. The van der Waals surface area contributed by atoms with E-state index in [0.717, 1.165) is 5.56 Å². The van der Waals surface area contributed by atoms with E-state index in [1.807, 2.05) is 18.2 Å². The standard InChI is InChI=1S/C14H13NO3S/c1-18-13-5-4-11(9-12(13)3-2-7-16)10-15-6-8-19-14(15)17/h4-6,8-9,16H,7,10H2,1H3. The molecule has 2 aromatic rings. The van der Waals surface area contributed by atoms with Crippen LogP contribution in [0.2, 0.25) is 0 Å². The second kappa shape index (κ2) is 6.23. The van der Waals surface area contributed by atoms with Gasteiger partial charge in [-0.3, -0.25) is 4.79 Å². The number of methoxy groups -OCH3 is 1. The van der Waals surface area contributed by atoms with Gasteiger partial charge in [-0.2, -0.15) is 0 Å². The molecule has 0 atom stereocenters. The molecule has 1 N–H and O–H groups in total. The summed E-state index contributed by atoms with van der Waals surface area (Å²) in [6, 6.07) is 5.58. The Labute approximate surface area is 114 Å². The fraction of sp³-hybridized carbons (Fsp3) is 0.214. The molecular weight excluding hydrogens is 262 g/mol. The number of thiazole rings is 1. The molecule has 5 heteroatoms. The number of ether oxygens (including phenoxy) is 1. The molecule has 0 amide bonds. The molecular formula is C14H13NO3S. The predicted octanol–water partition coefficient (Wildman–Crippen LogP) is 1.31. The number of benzene rings is 1. The molecule has 0 radical (unpaired) electrons. The number of aliphatic hydroxyl groups excluding tert-OH is 1. The highest BCUT2D eigenvalue weighted by Gasteiger charge is 2.04. The average molecular weight is 275 g/mol. The van der Waals surface area contributed by atoms with Crippen molar-refractivity contribution in [2.45, 2.75) is 6.54 Å². The van der Waals surface area contributed by atoms with Gasteiger partial charge in [0, 0.05) is 11.6 Å². The van der Waals surface area contributed by atoms with Crippen LogP contribution in [-0.2, 0) is 6.54 Å². The van der Waals surface area contributed by atoms with E-state index in [1.54, 1.807) is 23.3 Å². The molecule has 2 rings (SSSR count). The zero-order valence-electron chi connectivity index (χ0n) is 10.4. The summed E-state index contributed by atoms with van der Waals surface area (Å²) in [5.41, 5.74) is 1.67. The van der Waals surface area contributed by atoms with Crippen LogP contribution in [0.25, 0.3) is 0 Å². The Morgan fingerprint density at radius 2 is 2.32 bits per heavy atom. The zero-order valence-corrected chi connectivity index (χ0v) is 11.2. The van der Waals surface area contributed by atoms with Gasteiger partial charge >= 0.3 is 4.87 Å². The third-order valence-electron chi connectivity index (χ3n) is 2.56. The first-order valence-electron chi connectivity index (χ1n) is 5.65. The molecule has 0 aliphatic rings. The minimum atomic E-state index is -0.197. The minimum Gasteiger partial charge on any atom is -0.495 e. The molecule has 1 aromatic heterocycles. The molecule has 0 fully saturated rings. The first kappa shape index (κ1) is 13.4. The third kappa shape index (κ3) is 3.25. The van der Waals surface area contributed by atoms with Crippen LogP contribution in [0.1, 0.15) is 11.1 Å². The van der Waals surface area contributed by atoms with E-state index in [-0.39, 0.29) is 11.5 Å². The highest BCUT2D eigenvalue weighted by atomic mass is 32.1. The molecule has 0 aliphatic heterocycles. The van der Waals surface area contributed by atoms with E-state index in [0.29, 0.717) is 17.9 Å². The van der Waals surface area contributed by atoms with E-state index < -0.39 is 0 Å². The summed E-state index contributed by atoms with van der Waals surface area (Å²) in [7, 11) is 1.57. The summed E-state index contributed by atoms with van der Waals surface area (Å²) in [4.78, 5) is 11.5. The van der Waals surface area contributed by atoms with Gasteiger partial charge in [0.1, 0.15) is 12.4 Å². The van der Waals surface area contributed by atoms with Gasteiger partial charge in [0.2, 0.25) is 0 Å². The fourth-order valence-corrected chi connectivity index (χ4v) is 2.28. The highest BCUT2D eigenvalue weighted by molar-refractivity contribution is 7.07. The lowest BCUT2D eigenvalue weighted by Crippen LogP contribution is -2.12. The number of hydrogen-bond acceptors (Lipinski definition) is 4. The van der Waals surface area contributed by atoms with Crippen molar-refractivity contribution in [2.24, 2.45) is 0 Å². The predicted molar refractivity (Wildman–Crippen MR) is 74.6 cm³/mol. The largest absolute Gasteiger partial charge is 0.495 e. The van der Waals surface area contributed by atoms with Gasteiger partial charge in [-0.25, -0.2) is 0 Å². The molecule has 4 nitrogen and oxygen atoms in total. The van der Waals surface area contributed by atoms with Gasteiger partial charge in [-0.05, 0) is 17.7 Å². The Bertz CT molecular complexity index is 676. The molecule has 0 aliphatic carbocycles. The van der Waals surface area contributed by atoms with Gasteiger partial charge in [0.25, 0.3) is 0 Å². The molecule has 0 unspecified atom stereocenters. The lowest BCUT2D eigenvalue weighted by Gasteiger charge is -2.07. The summed E-state index contributed by atoms with van der Waals surface area (Å²) >= 11 is 1.17. The molecule has 1 aromatic carbocycles. The van der Waals surface area contributed by atoms with Crippen LogP contribution in [-0.4, -0.2) is 23.4 Å². The van der Waals surface area contributed by atoms with Crippen molar-refractivity contribution in [3.63, 3.8) is 0 Å². The van der Waals surface area contributed by atoms with Gasteiger partial charge in [-0.1, -0.05) is 29.2 Å². The Hall–Kier alpha value is -2.03. The van der Waals surface area contributed by atoms with Crippen molar-refractivity contribution in [3.8, 4) is 17.6 Å². The van der Waals surface area contributed by atoms with Crippen molar-refractivity contribution < 1.29 is 9.84 Å². The minimum absolute atomic E-state index is 0.0128. The average Bonchev–Trinajstić information content (AvgIpc) is 2.82. The number of hydrogen-bond donors (Lipinski definition) is 1. The number of rotatable bonds is 3. The van der Waals surface area contributed by atoms with Crippen molar-refractivity contribution >= 4 is 11.3 Å². The van der Waals surface area contributed by atoms with Crippen LogP contribution in [0.4, 0.5) is 0 Å². The van der Waals surface area contributed by atoms with Gasteiger partial charge in [-0.15, -0.1) is 0 Å². The third-order valence-corrected chi connectivity index (χ3v) is 3.26. The van der Waals surface area contributed by atoms with E-state index >= 15 is 0 Å². The maximum absolute atomic E-state index is 11.5. The SMILES string of the molecule is COc1ccc(Cn2ccsc2=O)cc1C#CCO. The van der Waals surface area contributed by atoms with E-state index in [2.05, 4.69) is 11.8 Å². The van der Waals surface area contributed by atoms with Crippen LogP contribution in [0.5, 0.6) is 5.75 Å². The summed E-state index contributed by atoms with van der Waals surface area (Å²) < 4.78 is 6.84. The lowest BCUT2D eigenvalue weighted by atomic mass is 10.1. The van der Waals surface area contributed by atoms with Crippen LogP contribution >= 0.6 is 11.3 Å². The van der Waals surface area contributed by atoms with E-state index in [1.165, 1.54) is 11.3 Å². The maximum atomic E-state index is 11.5. The summed E-state index contributed by atoms with van der Waals surface area (Å²) in [5.74, 6) is 6.09. The molecule has 19 heavy (non-hydrogen) atoms. The Kier molecular flexibility index (Phi) is 4.39. The van der Waals surface area contributed by atoms with Crippen LogP contribution in [0, 0.1) is 11.8 Å². The summed E-state index contributed by atoms with van der Waals surface area (Å²) in [5, 5.41) is 10.5. The smallest absolute Gasteiger partial charge is 0.307 e. The van der Waals surface area contributed by atoms with E-state index in [9.17, 15) is 4.79 Å². The lowest BCUT2D eigenvalue weighted by molar-refractivity contribution is 0.350. The normalized spacial score (nSPS) is 9.79. The molecule has 1 heterocycles. The zero-order chi connectivity index (χ0) is 13.7. The first-order valence-corrected chi connectivity index (χ1v) is 6.53. The number of aromatic nitrogens is 1. The Balaban J connectivity index is 2.32. The quantitative estimate of drug-likeness (QED) is 0.859. The van der Waals surface area contributed by atoms with Gasteiger partial charge in [0.15, 0.2) is 0 Å². The Morgan fingerprint density at radius 3 is 2.95 bits per heavy atom. The topological polar surface area (TPSA) is 51.5 Å². The summed E-state index contributed by atoms with van der Waals surface area (Å²) in [6.07, 6.45) is 1.76. The maximum Gasteiger partial charge on any atom is 0.307 e. The van der Waals surface area contributed by atoms with Crippen molar-refractivity contribution in [3.05, 3.63) is 50.6 Å². The second-order valence-electron chi connectivity index (χ2n) is 3.79. The highest BCUT2D eigenvalue weighted by Crippen LogP contribution is 2.19. The number of aliphatic hydroxyl groups is 1. The van der Waals surface area contributed by atoms with Crippen LogP contribution in [0.3, 0.4) is 0 Å². The van der Waals surface area contributed by atoms with Crippen molar-refractivity contribution in [2.75, 3.05) is 13.7 Å². The monoisotopic (exact) mass is 275 g/mol. The van der Waals surface area contributed by atoms with E-state index in [4.69, 9.17) is 9.84 Å². The molecule has 98 valence electrons. The Morgan fingerprint density at radius 1 is 1.47 bits per heavy atom. The molecule has 0 saturated carbocycles. The van der Waals surface area contributed by atoms with Gasteiger partial charge < -0.3 is 14.4 Å². The second-order valence-corrected chi connectivity index (χ2v) is 4.65. The molecule has 0 bridgehead atoms. The van der Waals surface area contributed by atoms with Gasteiger partial charge in [0.05, 0.1) is 19.2 Å². The molecule has 0 saturated heterocycles. The van der Waals surface area contributed by atoms with Crippen LogP contribution in [0.15, 0.2) is 34.6 Å². The first-order chi connectivity index (χ1) is 9.24. The fourth-order valence-electron chi connectivity index (χ4n) is 1.69. The summed E-state index contributed by atoms with van der Waals surface area (Å²) in [6.45, 7) is 0.303. The van der Waals surface area contributed by atoms with Crippen molar-refractivity contribution in [1.29, 1.82) is 0 Å². The van der Waals surface area contributed by atoms with Crippen LogP contribution < -0.4 is 9.61 Å².